The Labute approximate surface area is 40.3 Å². The molecule has 0 aliphatic carbocycles. The summed E-state index contributed by atoms with van der Waals surface area (Å²) >= 11 is 0. The Balaban J connectivity index is 0. The van der Waals surface area contributed by atoms with Crippen molar-refractivity contribution in [1.29, 1.82) is 0 Å². The maximum atomic E-state index is 0. The smallest absolute Gasteiger partial charge is 0.870 e. The second-order valence-corrected chi connectivity index (χ2v) is 0. The van der Waals surface area contributed by atoms with Crippen LogP contribution in [-0.2, 0) is 21.7 Å². The normalized spacial score (nSPS) is 0. The summed E-state index contributed by atoms with van der Waals surface area (Å²) in [4.78, 5) is 0. The first-order valence-electron chi connectivity index (χ1n) is 0. The van der Waals surface area contributed by atoms with Crippen molar-refractivity contribution in [3.63, 3.8) is 0 Å². The van der Waals surface area contributed by atoms with Crippen LogP contribution in [0.2, 0.25) is 0 Å². The molecule has 0 aromatic rings. The molecule has 4 heteroatoms. The topological polar surface area (TPSA) is 90.0 Å². The minimum Gasteiger partial charge on any atom is -0.870 e. The van der Waals surface area contributed by atoms with E-state index in [1.165, 1.54) is 0 Å². The van der Waals surface area contributed by atoms with Gasteiger partial charge in [0, 0.05) is 1.43 Å². The molecule has 3 nitrogen and oxygen atoms in total. The van der Waals surface area contributed by atoms with Crippen molar-refractivity contribution in [2.45, 2.75) is 0 Å². The second-order valence-electron chi connectivity index (χ2n) is 0. The fourth-order valence-corrected chi connectivity index (χ4v) is 0. The van der Waals surface area contributed by atoms with Crippen molar-refractivity contribution in [3.8, 4) is 0 Å². The van der Waals surface area contributed by atoms with E-state index in [4.69, 9.17) is 0 Å². The summed E-state index contributed by atoms with van der Waals surface area (Å²) in [5, 5.41) is 0. The Kier molecular flexibility index (Phi) is 2880. The largest absolute Gasteiger partial charge is 3.00 e. The van der Waals surface area contributed by atoms with Gasteiger partial charge in [0.15, 0.2) is 0 Å². The first-order chi connectivity index (χ1) is 0. The van der Waals surface area contributed by atoms with E-state index in [1.54, 1.807) is 0 Å². The van der Waals surface area contributed by atoms with Gasteiger partial charge in [-0.25, -0.2) is 0 Å². The quantitative estimate of drug-likeness (QED) is 0.392. The van der Waals surface area contributed by atoms with Crippen molar-refractivity contribution < 1.29 is 39.6 Å². The molecule has 0 saturated heterocycles. The molecule has 0 unspecified atom stereocenters. The summed E-state index contributed by atoms with van der Waals surface area (Å²) in [7, 11) is 0. The van der Waals surface area contributed by atoms with Crippen LogP contribution in [0.15, 0.2) is 0 Å². The zero-order chi connectivity index (χ0) is 0. The molecule has 27 valence electrons. The minimum atomic E-state index is 0. The first-order valence-corrected chi connectivity index (χ1v) is 0. The van der Waals surface area contributed by atoms with Crippen molar-refractivity contribution in [3.05, 3.63) is 0 Å². The zero-order valence-electron chi connectivity index (χ0n) is 1.84. The molecule has 0 aliphatic heterocycles. The molecule has 3 N–H and O–H groups in total. The van der Waals surface area contributed by atoms with E-state index in [9.17, 15) is 0 Å². The molecule has 0 amide bonds. The van der Waals surface area contributed by atoms with Gasteiger partial charge in [0.05, 0.1) is 0 Å². The van der Waals surface area contributed by atoms with Crippen molar-refractivity contribution >= 4 is 0 Å². The third-order valence-corrected chi connectivity index (χ3v) is 0. The number of hydrogen-bond donors (Lipinski definition) is 0. The Morgan fingerprint density at radius 3 is 0.750 bits per heavy atom. The van der Waals surface area contributed by atoms with Gasteiger partial charge in [0.2, 0.25) is 0 Å². The maximum Gasteiger partial charge on any atom is 3.00 e. The molecule has 0 rings (SSSR count). The Morgan fingerprint density at radius 2 is 0.750 bits per heavy atom. The van der Waals surface area contributed by atoms with Gasteiger partial charge in [-0.15, -0.1) is 0 Å². The van der Waals surface area contributed by atoms with Gasteiger partial charge in [-0.05, 0) is 0 Å². The number of hydrogen-bond acceptors (Lipinski definition) is 3. The Hall–Kier alpha value is 0.594. The van der Waals surface area contributed by atoms with E-state index in [-0.39, 0.29) is 39.6 Å². The SMILES string of the molecule is [HH].[OH-].[OH-].[OH-].[Ti+3]. The molecular formula is H5O3Ti. The van der Waals surface area contributed by atoms with Crippen LogP contribution in [0.5, 0.6) is 0 Å². The van der Waals surface area contributed by atoms with Gasteiger partial charge in [0.25, 0.3) is 0 Å². The second kappa shape index (κ2) is 68.5. The summed E-state index contributed by atoms with van der Waals surface area (Å²) in [6.45, 7) is 0. The monoisotopic (exact) mass is 101 g/mol. The van der Waals surface area contributed by atoms with E-state index in [0.717, 1.165) is 0 Å². The van der Waals surface area contributed by atoms with Crippen LogP contribution in [0.4, 0.5) is 0 Å². The van der Waals surface area contributed by atoms with Crippen molar-refractivity contribution in [2.24, 2.45) is 0 Å². The standard InChI is InChI=1S/3H2O.Ti.H2/h3*1H2;;1H/q;;;+3;/p-3. The summed E-state index contributed by atoms with van der Waals surface area (Å²) in [5.74, 6) is 0. The summed E-state index contributed by atoms with van der Waals surface area (Å²) < 4.78 is 0. The van der Waals surface area contributed by atoms with E-state index in [0.29, 0.717) is 0 Å². The molecular weight excluding hydrogens is 95.9 g/mol. The molecule has 4 heavy (non-hydrogen) atoms. The maximum absolute atomic E-state index is 0. The van der Waals surface area contributed by atoms with Gasteiger partial charge in [-0.3, -0.25) is 0 Å². The molecule has 0 aromatic heterocycles. The molecule has 1 radical (unpaired) electrons. The van der Waals surface area contributed by atoms with Crippen LogP contribution >= 0.6 is 0 Å². The summed E-state index contributed by atoms with van der Waals surface area (Å²) in [5.41, 5.74) is 0. The van der Waals surface area contributed by atoms with E-state index in [2.05, 4.69) is 0 Å². The molecule has 0 spiro atoms. The predicted octanol–water partition coefficient (Wildman–Crippen LogP) is -0.287. The first kappa shape index (κ1) is 168. The van der Waals surface area contributed by atoms with Gasteiger partial charge < -0.3 is 16.4 Å². The van der Waals surface area contributed by atoms with Gasteiger partial charge in [-0.1, -0.05) is 0 Å². The van der Waals surface area contributed by atoms with Crippen molar-refractivity contribution in [1.82, 2.24) is 0 Å². The van der Waals surface area contributed by atoms with Crippen LogP contribution in [0, 0.1) is 0 Å². The summed E-state index contributed by atoms with van der Waals surface area (Å²) in [6.07, 6.45) is 0. The van der Waals surface area contributed by atoms with Crippen LogP contribution in [0.1, 0.15) is 1.43 Å². The average molecular weight is 101 g/mol. The van der Waals surface area contributed by atoms with Crippen LogP contribution in [0.3, 0.4) is 0 Å². The van der Waals surface area contributed by atoms with E-state index in [1.807, 2.05) is 0 Å². The zero-order valence-corrected chi connectivity index (χ0v) is 3.40. The molecule has 0 atom stereocenters. The molecule has 0 aliphatic rings. The van der Waals surface area contributed by atoms with E-state index < -0.39 is 0 Å². The molecule has 0 aromatic carbocycles. The van der Waals surface area contributed by atoms with Gasteiger partial charge in [-0.2, -0.15) is 0 Å². The third-order valence-electron chi connectivity index (χ3n) is 0. The third kappa shape index (κ3) is 18.7. The minimum absolute atomic E-state index is 0. The van der Waals surface area contributed by atoms with Gasteiger partial charge >= 0.3 is 21.7 Å². The molecule has 0 saturated carbocycles. The van der Waals surface area contributed by atoms with Crippen molar-refractivity contribution in [2.75, 3.05) is 0 Å². The molecule has 0 fully saturated rings. The van der Waals surface area contributed by atoms with Crippen LogP contribution < -0.4 is 0 Å². The van der Waals surface area contributed by atoms with Gasteiger partial charge in [0.1, 0.15) is 0 Å². The Bertz CT molecular complexity index is 6.85. The number of rotatable bonds is 0. The van der Waals surface area contributed by atoms with Crippen LogP contribution in [-0.4, -0.2) is 16.4 Å². The molecule has 0 bridgehead atoms. The fourth-order valence-electron chi connectivity index (χ4n) is 0. The predicted molar refractivity (Wildman–Crippen MR) is 7.92 cm³/mol. The average Bonchev–Trinajstić information content (AvgIpc) is 0. The fraction of sp³-hybridized carbons (Fsp3) is 0. The Morgan fingerprint density at radius 1 is 0.750 bits per heavy atom. The van der Waals surface area contributed by atoms with E-state index >= 15 is 0 Å². The summed E-state index contributed by atoms with van der Waals surface area (Å²) in [6, 6.07) is 0. The molecule has 0 heterocycles. The van der Waals surface area contributed by atoms with Crippen LogP contribution in [0.25, 0.3) is 0 Å².